The van der Waals surface area contributed by atoms with Crippen LogP contribution in [0.4, 0.5) is 0 Å². The molecule has 0 bridgehead atoms. The number of amides is 1. The summed E-state index contributed by atoms with van der Waals surface area (Å²) in [6, 6.07) is 0. The molecule has 0 heterocycles. The van der Waals surface area contributed by atoms with Crippen molar-refractivity contribution in [3.05, 3.63) is 0 Å². The smallest absolute Gasteiger partial charge is 0.225 e. The van der Waals surface area contributed by atoms with Gasteiger partial charge in [-0.2, -0.15) is 0 Å². The van der Waals surface area contributed by atoms with Crippen LogP contribution in [0.5, 0.6) is 0 Å². The molecule has 1 saturated carbocycles. The van der Waals surface area contributed by atoms with Gasteiger partial charge in [-0.05, 0) is 19.9 Å². The summed E-state index contributed by atoms with van der Waals surface area (Å²) >= 11 is 0. The molecule has 1 aliphatic rings. The topological polar surface area (TPSA) is 32.3 Å². The second-order valence-corrected chi connectivity index (χ2v) is 4.91. The number of hydrogen-bond donors (Lipinski definition) is 1. The van der Waals surface area contributed by atoms with Crippen molar-refractivity contribution in [3.8, 4) is 0 Å². The molecule has 0 spiro atoms. The first-order valence-electron chi connectivity index (χ1n) is 6.65. The minimum Gasteiger partial charge on any atom is -0.344 e. The van der Waals surface area contributed by atoms with E-state index in [1.807, 2.05) is 19.0 Å². The second kappa shape index (κ2) is 9.72. The maximum absolute atomic E-state index is 12.2. The van der Waals surface area contributed by atoms with Crippen molar-refractivity contribution in [2.75, 3.05) is 27.2 Å². The molecule has 0 aliphatic heterocycles. The molecule has 0 radical (unpaired) electrons. The largest absolute Gasteiger partial charge is 0.344 e. The Morgan fingerprint density at radius 1 is 1.18 bits per heavy atom. The number of hydrogen-bond acceptors (Lipinski definition) is 2. The van der Waals surface area contributed by atoms with Crippen LogP contribution in [0.1, 0.15) is 44.9 Å². The lowest BCUT2D eigenvalue weighted by atomic mass is 9.90. The molecule has 3 nitrogen and oxygen atoms in total. The van der Waals surface area contributed by atoms with E-state index in [0.717, 1.165) is 25.9 Å². The third-order valence-electron chi connectivity index (χ3n) is 3.53. The van der Waals surface area contributed by atoms with Crippen LogP contribution in [-0.2, 0) is 4.79 Å². The van der Waals surface area contributed by atoms with Crippen molar-refractivity contribution >= 4 is 18.3 Å². The fraction of sp³-hybridized carbons (Fsp3) is 0.923. The molecule has 0 aromatic carbocycles. The van der Waals surface area contributed by atoms with Gasteiger partial charge >= 0.3 is 0 Å². The van der Waals surface area contributed by atoms with E-state index in [2.05, 4.69) is 5.32 Å². The molecule has 102 valence electrons. The van der Waals surface area contributed by atoms with Gasteiger partial charge in [-0.3, -0.25) is 4.79 Å². The van der Waals surface area contributed by atoms with Gasteiger partial charge < -0.3 is 10.2 Å². The summed E-state index contributed by atoms with van der Waals surface area (Å²) in [5, 5.41) is 3.08. The molecular formula is C13H27ClN2O. The summed E-state index contributed by atoms with van der Waals surface area (Å²) in [6.45, 7) is 1.71. The second-order valence-electron chi connectivity index (χ2n) is 4.91. The predicted octanol–water partition coefficient (Wildman–Crippen LogP) is 2.45. The van der Waals surface area contributed by atoms with Gasteiger partial charge in [0.2, 0.25) is 5.91 Å². The first-order valence-corrected chi connectivity index (χ1v) is 6.65. The zero-order chi connectivity index (χ0) is 11.8. The Labute approximate surface area is 112 Å². The molecule has 1 amide bonds. The highest BCUT2D eigenvalue weighted by atomic mass is 35.5. The average Bonchev–Trinajstić information content (AvgIpc) is 2.24. The summed E-state index contributed by atoms with van der Waals surface area (Å²) in [7, 11) is 3.85. The Bertz CT molecular complexity index is 204. The van der Waals surface area contributed by atoms with E-state index in [1.54, 1.807) is 0 Å². The number of halogens is 1. The lowest BCUT2D eigenvalue weighted by Crippen LogP contribution is -2.37. The molecule has 0 unspecified atom stereocenters. The van der Waals surface area contributed by atoms with E-state index in [9.17, 15) is 4.79 Å². The summed E-state index contributed by atoms with van der Waals surface area (Å²) < 4.78 is 0. The Balaban J connectivity index is 0.00000256. The fourth-order valence-electron chi connectivity index (χ4n) is 2.40. The number of carbonyl (C=O) groups excluding carboxylic acids is 1. The highest BCUT2D eigenvalue weighted by Gasteiger charge is 2.21. The number of nitrogens with one attached hydrogen (secondary N) is 1. The summed E-state index contributed by atoms with van der Waals surface area (Å²) in [6.07, 6.45) is 8.64. The SMILES string of the molecule is CNCCN(C)C(=O)C1CCCCCCC1.Cl. The van der Waals surface area contributed by atoms with Crippen LogP contribution in [-0.4, -0.2) is 38.0 Å². The molecular weight excluding hydrogens is 236 g/mol. The van der Waals surface area contributed by atoms with Crippen molar-refractivity contribution in [2.24, 2.45) is 5.92 Å². The highest BCUT2D eigenvalue weighted by molar-refractivity contribution is 5.85. The van der Waals surface area contributed by atoms with Gasteiger partial charge in [-0.15, -0.1) is 12.4 Å². The van der Waals surface area contributed by atoms with Crippen molar-refractivity contribution in [1.29, 1.82) is 0 Å². The third-order valence-corrected chi connectivity index (χ3v) is 3.53. The predicted molar refractivity (Wildman–Crippen MR) is 74.6 cm³/mol. The van der Waals surface area contributed by atoms with Gasteiger partial charge in [-0.1, -0.05) is 32.1 Å². The van der Waals surface area contributed by atoms with E-state index >= 15 is 0 Å². The zero-order valence-corrected chi connectivity index (χ0v) is 12.0. The van der Waals surface area contributed by atoms with Gasteiger partial charge in [0.25, 0.3) is 0 Å². The summed E-state index contributed by atoms with van der Waals surface area (Å²) in [5.74, 6) is 0.652. The number of likely N-dealkylation sites (N-methyl/N-ethyl adjacent to an activating group) is 2. The molecule has 1 rings (SSSR count). The maximum atomic E-state index is 12.2. The number of rotatable bonds is 4. The third kappa shape index (κ3) is 6.27. The molecule has 0 aromatic rings. The Morgan fingerprint density at radius 3 is 2.24 bits per heavy atom. The Kier molecular flexibility index (Phi) is 9.56. The van der Waals surface area contributed by atoms with E-state index in [4.69, 9.17) is 0 Å². The molecule has 0 atom stereocenters. The van der Waals surface area contributed by atoms with Crippen LogP contribution >= 0.6 is 12.4 Å². The quantitative estimate of drug-likeness (QED) is 0.844. The standard InChI is InChI=1S/C13H26N2O.ClH/c1-14-10-11-15(2)13(16)12-8-6-4-3-5-7-9-12;/h12,14H,3-11H2,1-2H3;1H. The number of carbonyl (C=O) groups is 1. The van der Waals surface area contributed by atoms with Crippen LogP contribution < -0.4 is 5.32 Å². The summed E-state index contributed by atoms with van der Waals surface area (Å²) in [5.41, 5.74) is 0. The van der Waals surface area contributed by atoms with Gasteiger partial charge in [-0.25, -0.2) is 0 Å². The molecule has 0 saturated heterocycles. The summed E-state index contributed by atoms with van der Waals surface area (Å²) in [4.78, 5) is 14.1. The zero-order valence-electron chi connectivity index (χ0n) is 11.2. The first kappa shape index (κ1) is 16.7. The van der Waals surface area contributed by atoms with Gasteiger partial charge in [0.05, 0.1) is 0 Å². The normalized spacial score (nSPS) is 17.8. The molecule has 0 aromatic heterocycles. The van der Waals surface area contributed by atoms with Crippen LogP contribution in [0, 0.1) is 5.92 Å². The van der Waals surface area contributed by atoms with Crippen LogP contribution in [0.25, 0.3) is 0 Å². The van der Waals surface area contributed by atoms with E-state index in [-0.39, 0.29) is 12.4 Å². The van der Waals surface area contributed by atoms with Crippen LogP contribution in [0.2, 0.25) is 0 Å². The molecule has 1 aliphatic carbocycles. The van der Waals surface area contributed by atoms with Gasteiger partial charge in [0.15, 0.2) is 0 Å². The monoisotopic (exact) mass is 262 g/mol. The van der Waals surface area contributed by atoms with Crippen molar-refractivity contribution in [2.45, 2.75) is 44.9 Å². The van der Waals surface area contributed by atoms with Crippen molar-refractivity contribution in [1.82, 2.24) is 10.2 Å². The van der Waals surface area contributed by atoms with Crippen molar-refractivity contribution < 1.29 is 4.79 Å². The molecule has 1 fully saturated rings. The number of nitrogens with zero attached hydrogens (tertiary/aromatic N) is 1. The van der Waals surface area contributed by atoms with E-state index < -0.39 is 0 Å². The highest BCUT2D eigenvalue weighted by Crippen LogP contribution is 2.23. The molecule has 1 N–H and O–H groups in total. The minimum absolute atomic E-state index is 0. The lowest BCUT2D eigenvalue weighted by Gasteiger charge is -2.25. The minimum atomic E-state index is 0. The Hall–Kier alpha value is -0.280. The van der Waals surface area contributed by atoms with Gasteiger partial charge in [0, 0.05) is 26.1 Å². The molecule has 17 heavy (non-hydrogen) atoms. The first-order chi connectivity index (χ1) is 7.75. The van der Waals surface area contributed by atoms with Crippen LogP contribution in [0.3, 0.4) is 0 Å². The fourth-order valence-corrected chi connectivity index (χ4v) is 2.40. The Morgan fingerprint density at radius 2 is 1.71 bits per heavy atom. The van der Waals surface area contributed by atoms with Gasteiger partial charge in [0.1, 0.15) is 0 Å². The van der Waals surface area contributed by atoms with Crippen molar-refractivity contribution in [3.63, 3.8) is 0 Å². The van der Waals surface area contributed by atoms with E-state index in [1.165, 1.54) is 32.1 Å². The maximum Gasteiger partial charge on any atom is 0.225 e. The molecule has 4 heteroatoms. The van der Waals surface area contributed by atoms with E-state index in [0.29, 0.717) is 11.8 Å². The lowest BCUT2D eigenvalue weighted by molar-refractivity contribution is -0.134. The van der Waals surface area contributed by atoms with Crippen LogP contribution in [0.15, 0.2) is 0 Å². The average molecular weight is 263 g/mol.